The van der Waals surface area contributed by atoms with E-state index in [0.717, 1.165) is 0 Å². The second-order valence-electron chi connectivity index (χ2n) is 3.91. The summed E-state index contributed by atoms with van der Waals surface area (Å²) >= 11 is 17.3. The third-order valence-corrected chi connectivity index (χ3v) is 3.47. The first kappa shape index (κ1) is 16.2. The number of Topliss-reactive ketones (excluding diaryl/α,β-unsaturated/α-hetero) is 1. The summed E-state index contributed by atoms with van der Waals surface area (Å²) in [5, 5.41) is 12.2. The lowest BCUT2D eigenvalue weighted by Gasteiger charge is -2.19. The van der Waals surface area contributed by atoms with Crippen molar-refractivity contribution in [1.82, 2.24) is 0 Å². The Bertz CT molecular complexity index is 471. The number of halogens is 3. The number of carbonyl (C=O) groups is 1. The minimum absolute atomic E-state index is 0.0326. The van der Waals surface area contributed by atoms with E-state index in [2.05, 4.69) is 0 Å². The van der Waals surface area contributed by atoms with Crippen LogP contribution in [0.2, 0.25) is 0 Å². The molecule has 0 aliphatic carbocycles. The van der Waals surface area contributed by atoms with Crippen molar-refractivity contribution in [3.63, 3.8) is 0 Å². The van der Waals surface area contributed by atoms with Gasteiger partial charge >= 0.3 is 0 Å². The lowest BCUT2D eigenvalue weighted by Crippen LogP contribution is -2.89. The minimum atomic E-state index is -1.55. The maximum absolute atomic E-state index is 12.0. The number of non-ortho nitro benzene ring substituents is 1. The molecule has 5 nitrogen and oxygen atoms in total. The van der Waals surface area contributed by atoms with Crippen LogP contribution in [-0.4, -0.2) is 27.6 Å². The van der Waals surface area contributed by atoms with Crippen molar-refractivity contribution < 1.29 is 15.0 Å². The lowest BCUT2D eigenvalue weighted by molar-refractivity contribution is -0.661. The molecule has 0 bridgehead atoms. The van der Waals surface area contributed by atoms with Crippen LogP contribution in [0.5, 0.6) is 0 Å². The standard InChI is InChI=1S/C11H11Cl3N2O3/c1-15-10(11(12,13)14)6-9(17)7-2-4-8(5-3-7)16(18)19/h2-5,10,15H,6H2,1H3/p+1/t10-/m0/s1. The molecule has 2 N–H and O–H groups in total. The first-order valence-corrected chi connectivity index (χ1v) is 6.53. The van der Waals surface area contributed by atoms with Crippen LogP contribution in [0.25, 0.3) is 0 Å². The van der Waals surface area contributed by atoms with Gasteiger partial charge in [-0.25, -0.2) is 0 Å². The Morgan fingerprint density at radius 1 is 1.37 bits per heavy atom. The average molecular weight is 327 g/mol. The largest absolute Gasteiger partial charge is 0.342 e. The summed E-state index contributed by atoms with van der Waals surface area (Å²) in [4.78, 5) is 21.9. The monoisotopic (exact) mass is 325 g/mol. The maximum Gasteiger partial charge on any atom is 0.269 e. The van der Waals surface area contributed by atoms with Crippen molar-refractivity contribution in [1.29, 1.82) is 0 Å². The smallest absolute Gasteiger partial charge is 0.269 e. The number of nitro benzene ring substituents is 1. The van der Waals surface area contributed by atoms with Crippen LogP contribution < -0.4 is 5.32 Å². The van der Waals surface area contributed by atoms with E-state index in [4.69, 9.17) is 34.8 Å². The SMILES string of the molecule is C[NH2+][C@@H](CC(=O)c1ccc([N+](=O)[O-])cc1)C(Cl)(Cl)Cl. The van der Waals surface area contributed by atoms with Crippen molar-refractivity contribution in [2.45, 2.75) is 16.3 Å². The topological polar surface area (TPSA) is 76.8 Å². The fourth-order valence-corrected chi connectivity index (χ4v) is 2.12. The predicted octanol–water partition coefficient (Wildman–Crippen LogP) is 2.10. The molecule has 1 aromatic rings. The van der Waals surface area contributed by atoms with E-state index < -0.39 is 14.8 Å². The Balaban J connectivity index is 2.80. The number of hydrogen-bond donors (Lipinski definition) is 1. The number of ketones is 1. The van der Waals surface area contributed by atoms with Crippen LogP contribution in [0, 0.1) is 10.1 Å². The Labute approximate surface area is 125 Å². The molecule has 0 spiro atoms. The van der Waals surface area contributed by atoms with Crippen molar-refractivity contribution >= 4 is 46.3 Å². The normalized spacial score (nSPS) is 13.1. The van der Waals surface area contributed by atoms with E-state index in [1.165, 1.54) is 24.3 Å². The second-order valence-corrected chi connectivity index (χ2v) is 6.28. The van der Waals surface area contributed by atoms with Gasteiger partial charge in [0.15, 0.2) is 5.78 Å². The molecule has 0 saturated carbocycles. The Hall–Kier alpha value is -0.880. The number of rotatable bonds is 5. The highest BCUT2D eigenvalue weighted by Crippen LogP contribution is 2.30. The number of benzene rings is 1. The third-order valence-electron chi connectivity index (χ3n) is 2.63. The summed E-state index contributed by atoms with van der Waals surface area (Å²) in [5.41, 5.74) is 0.281. The molecule has 0 unspecified atom stereocenters. The molecule has 0 aromatic heterocycles. The summed E-state index contributed by atoms with van der Waals surface area (Å²) in [6, 6.07) is 4.82. The number of quaternary nitrogens is 1. The molecule has 1 aromatic carbocycles. The minimum Gasteiger partial charge on any atom is -0.342 e. The van der Waals surface area contributed by atoms with Crippen molar-refractivity contribution in [3.05, 3.63) is 39.9 Å². The number of nitrogens with zero attached hydrogens (tertiary/aromatic N) is 1. The van der Waals surface area contributed by atoms with E-state index in [1.807, 2.05) is 0 Å². The summed E-state index contributed by atoms with van der Waals surface area (Å²) in [5.74, 6) is -0.232. The van der Waals surface area contributed by atoms with Crippen LogP contribution in [-0.2, 0) is 0 Å². The van der Waals surface area contributed by atoms with Gasteiger partial charge in [0.2, 0.25) is 3.79 Å². The van der Waals surface area contributed by atoms with Gasteiger partial charge in [0.25, 0.3) is 5.69 Å². The van der Waals surface area contributed by atoms with Crippen LogP contribution in [0.15, 0.2) is 24.3 Å². The highest BCUT2D eigenvalue weighted by Gasteiger charge is 2.36. The number of hydrogen-bond acceptors (Lipinski definition) is 3. The molecule has 0 amide bonds. The van der Waals surface area contributed by atoms with Crippen molar-refractivity contribution in [3.8, 4) is 0 Å². The predicted molar refractivity (Wildman–Crippen MR) is 74.0 cm³/mol. The van der Waals surface area contributed by atoms with Crippen LogP contribution in [0.1, 0.15) is 16.8 Å². The van der Waals surface area contributed by atoms with Gasteiger partial charge < -0.3 is 5.32 Å². The molecule has 0 fully saturated rings. The molecule has 0 aliphatic rings. The van der Waals surface area contributed by atoms with Gasteiger partial charge in [-0.05, 0) is 12.1 Å². The van der Waals surface area contributed by atoms with Crippen molar-refractivity contribution in [2.24, 2.45) is 0 Å². The first-order chi connectivity index (χ1) is 8.75. The quantitative estimate of drug-likeness (QED) is 0.389. The molecule has 1 rings (SSSR count). The van der Waals surface area contributed by atoms with Gasteiger partial charge in [-0.2, -0.15) is 0 Å². The van der Waals surface area contributed by atoms with Crippen LogP contribution in [0.3, 0.4) is 0 Å². The Morgan fingerprint density at radius 2 is 1.89 bits per heavy atom. The molecule has 8 heteroatoms. The highest BCUT2D eigenvalue weighted by molar-refractivity contribution is 6.68. The summed E-state index contributed by atoms with van der Waals surface area (Å²) < 4.78 is -1.55. The zero-order valence-corrected chi connectivity index (χ0v) is 12.2. The molecular weight excluding hydrogens is 314 g/mol. The van der Waals surface area contributed by atoms with E-state index in [0.29, 0.717) is 5.56 Å². The fraction of sp³-hybridized carbons (Fsp3) is 0.364. The van der Waals surface area contributed by atoms with Gasteiger partial charge in [-0.3, -0.25) is 14.9 Å². The molecule has 0 aliphatic heterocycles. The van der Waals surface area contributed by atoms with E-state index >= 15 is 0 Å². The summed E-state index contributed by atoms with van der Waals surface area (Å²) in [6.45, 7) is 0. The number of alkyl halides is 3. The third kappa shape index (κ3) is 4.62. The van der Waals surface area contributed by atoms with Gasteiger partial charge in [0, 0.05) is 17.7 Å². The van der Waals surface area contributed by atoms with Gasteiger partial charge in [0.05, 0.1) is 18.4 Å². The maximum atomic E-state index is 12.0. The van der Waals surface area contributed by atoms with E-state index in [9.17, 15) is 14.9 Å². The zero-order valence-electron chi connectivity index (χ0n) is 9.98. The average Bonchev–Trinajstić information content (AvgIpc) is 2.34. The molecule has 104 valence electrons. The molecule has 0 heterocycles. The first-order valence-electron chi connectivity index (χ1n) is 5.39. The number of carbonyl (C=O) groups excluding carboxylic acids is 1. The van der Waals surface area contributed by atoms with E-state index in [-0.39, 0.29) is 17.9 Å². The Morgan fingerprint density at radius 3 is 2.26 bits per heavy atom. The van der Waals surface area contributed by atoms with Crippen LogP contribution >= 0.6 is 34.8 Å². The number of nitro groups is 1. The summed E-state index contributed by atoms with van der Waals surface area (Å²) in [7, 11) is 1.70. The molecule has 1 atom stereocenters. The molecule has 0 saturated heterocycles. The molecule has 0 radical (unpaired) electrons. The van der Waals surface area contributed by atoms with E-state index in [1.54, 1.807) is 12.4 Å². The molecular formula is C11H12Cl3N2O3+. The van der Waals surface area contributed by atoms with Crippen molar-refractivity contribution in [2.75, 3.05) is 7.05 Å². The van der Waals surface area contributed by atoms with Crippen LogP contribution in [0.4, 0.5) is 5.69 Å². The van der Waals surface area contributed by atoms with Gasteiger partial charge in [-0.15, -0.1) is 0 Å². The Kier molecular flexibility index (Phi) is 5.55. The van der Waals surface area contributed by atoms with Gasteiger partial charge in [0.1, 0.15) is 6.04 Å². The zero-order chi connectivity index (χ0) is 14.6. The fourth-order valence-electron chi connectivity index (χ4n) is 1.51. The molecule has 19 heavy (non-hydrogen) atoms. The highest BCUT2D eigenvalue weighted by atomic mass is 35.6. The van der Waals surface area contributed by atoms with Gasteiger partial charge in [-0.1, -0.05) is 34.8 Å². The summed E-state index contributed by atoms with van der Waals surface area (Å²) in [6.07, 6.45) is 0.0326. The lowest BCUT2D eigenvalue weighted by atomic mass is 10.0. The second kappa shape index (κ2) is 6.52. The number of nitrogens with two attached hydrogens (primary N) is 1.